The topological polar surface area (TPSA) is 95.6 Å². The fraction of sp³-hybridized carbons (Fsp3) is 0.364. The van der Waals surface area contributed by atoms with Gasteiger partial charge in [-0.3, -0.25) is 14.3 Å². The van der Waals surface area contributed by atoms with E-state index in [2.05, 4.69) is 17.0 Å². The summed E-state index contributed by atoms with van der Waals surface area (Å²) < 4.78 is 27.6. The Morgan fingerprint density at radius 2 is 1.87 bits per heavy atom. The highest BCUT2D eigenvalue weighted by molar-refractivity contribution is 7.92. The number of nitrogens with one attached hydrogen (secondary N) is 2. The largest absolute Gasteiger partial charge is 0.354 e. The first-order valence-electron chi connectivity index (χ1n) is 10.2. The fourth-order valence-electron chi connectivity index (χ4n) is 3.48. The number of nitrogens with zero attached hydrogens (tertiary/aromatic N) is 1. The third-order valence-corrected chi connectivity index (χ3v) is 6.46. The van der Waals surface area contributed by atoms with Gasteiger partial charge in [-0.25, -0.2) is 8.42 Å². The minimum Gasteiger partial charge on any atom is -0.354 e. The average molecular weight is 430 g/mol. The molecule has 7 nitrogen and oxygen atoms in total. The lowest BCUT2D eigenvalue weighted by Gasteiger charge is -2.24. The molecule has 2 aromatic rings. The summed E-state index contributed by atoms with van der Waals surface area (Å²) in [7, 11) is -3.75. The van der Waals surface area contributed by atoms with Crippen molar-refractivity contribution in [1.29, 1.82) is 0 Å². The Hall–Kier alpha value is -2.87. The van der Waals surface area contributed by atoms with Gasteiger partial charge in [0.15, 0.2) is 0 Å². The molecular formula is C22H27N3O4S. The zero-order valence-electron chi connectivity index (χ0n) is 17.0. The number of likely N-dealkylation sites (tertiary alicyclic amines) is 1. The number of amides is 2. The summed E-state index contributed by atoms with van der Waals surface area (Å²) >= 11 is 0. The highest BCUT2D eigenvalue weighted by Gasteiger charge is 2.34. The first kappa shape index (κ1) is 21.8. The number of anilines is 1. The Bertz CT molecular complexity index is 992. The molecule has 1 aliphatic heterocycles. The van der Waals surface area contributed by atoms with Crippen LogP contribution in [0.25, 0.3) is 0 Å². The van der Waals surface area contributed by atoms with Gasteiger partial charge < -0.3 is 10.2 Å². The van der Waals surface area contributed by atoms with Gasteiger partial charge in [0.05, 0.1) is 4.90 Å². The molecule has 2 N–H and O–H groups in total. The number of hydrogen-bond acceptors (Lipinski definition) is 4. The highest BCUT2D eigenvalue weighted by Crippen LogP contribution is 2.23. The Labute approximate surface area is 177 Å². The van der Waals surface area contributed by atoms with E-state index in [1.54, 1.807) is 41.3 Å². The van der Waals surface area contributed by atoms with E-state index in [0.717, 1.165) is 19.3 Å². The monoisotopic (exact) mass is 429 g/mol. The first-order valence-corrected chi connectivity index (χ1v) is 11.7. The lowest BCUT2D eigenvalue weighted by Crippen LogP contribution is -2.46. The van der Waals surface area contributed by atoms with E-state index >= 15 is 0 Å². The van der Waals surface area contributed by atoms with Gasteiger partial charge >= 0.3 is 0 Å². The summed E-state index contributed by atoms with van der Waals surface area (Å²) in [5.41, 5.74) is 0.643. The molecule has 160 valence electrons. The standard InChI is InChI=1S/C22H27N3O4S/c1-2-3-14-23-21(26)20-13-8-15-25(20)22(27)17-9-7-10-18(16-17)24-30(28,29)19-11-5-4-6-12-19/h4-7,9-12,16,20,24H,2-3,8,13-15H2,1H3,(H,23,26). The van der Waals surface area contributed by atoms with Crippen molar-refractivity contribution in [3.05, 3.63) is 60.2 Å². The molecule has 0 aromatic heterocycles. The minimum absolute atomic E-state index is 0.129. The van der Waals surface area contributed by atoms with Crippen LogP contribution in [0.15, 0.2) is 59.5 Å². The highest BCUT2D eigenvalue weighted by atomic mass is 32.2. The van der Waals surface area contributed by atoms with Crippen LogP contribution in [-0.2, 0) is 14.8 Å². The number of carbonyl (C=O) groups is 2. The molecule has 1 atom stereocenters. The summed E-state index contributed by atoms with van der Waals surface area (Å²) in [5.74, 6) is -0.404. The number of hydrogen-bond donors (Lipinski definition) is 2. The zero-order valence-corrected chi connectivity index (χ0v) is 17.8. The number of rotatable bonds is 8. The van der Waals surface area contributed by atoms with Crippen LogP contribution in [0.2, 0.25) is 0 Å². The van der Waals surface area contributed by atoms with Crippen molar-refractivity contribution < 1.29 is 18.0 Å². The zero-order chi connectivity index (χ0) is 21.6. The molecule has 0 radical (unpaired) electrons. The maximum absolute atomic E-state index is 13.0. The maximum Gasteiger partial charge on any atom is 0.261 e. The maximum atomic E-state index is 13.0. The normalized spacial score (nSPS) is 16.3. The van der Waals surface area contributed by atoms with Gasteiger partial charge in [-0.2, -0.15) is 0 Å². The average Bonchev–Trinajstić information content (AvgIpc) is 3.24. The van der Waals surface area contributed by atoms with Crippen LogP contribution in [0.4, 0.5) is 5.69 Å². The van der Waals surface area contributed by atoms with Gasteiger partial charge in [-0.05, 0) is 49.6 Å². The molecule has 30 heavy (non-hydrogen) atoms. The van der Waals surface area contributed by atoms with Crippen molar-refractivity contribution in [2.75, 3.05) is 17.8 Å². The van der Waals surface area contributed by atoms with Crippen molar-refractivity contribution in [1.82, 2.24) is 10.2 Å². The molecule has 3 rings (SSSR count). The van der Waals surface area contributed by atoms with E-state index in [4.69, 9.17) is 0 Å². The van der Waals surface area contributed by atoms with Crippen LogP contribution in [0, 0.1) is 0 Å². The second kappa shape index (κ2) is 9.75. The summed E-state index contributed by atoms with van der Waals surface area (Å²) in [6.45, 7) is 3.16. The number of unbranched alkanes of at least 4 members (excludes halogenated alkanes) is 1. The van der Waals surface area contributed by atoms with E-state index in [9.17, 15) is 18.0 Å². The van der Waals surface area contributed by atoms with Crippen LogP contribution < -0.4 is 10.0 Å². The molecule has 1 heterocycles. The van der Waals surface area contributed by atoms with Gasteiger partial charge in [0.2, 0.25) is 5.91 Å². The molecule has 0 aliphatic carbocycles. The number of sulfonamides is 1. The Balaban J connectivity index is 1.73. The molecule has 1 unspecified atom stereocenters. The fourth-order valence-corrected chi connectivity index (χ4v) is 4.55. The van der Waals surface area contributed by atoms with E-state index in [-0.39, 0.29) is 16.7 Å². The van der Waals surface area contributed by atoms with Crippen LogP contribution in [0.5, 0.6) is 0 Å². The molecule has 0 saturated carbocycles. The lowest BCUT2D eigenvalue weighted by molar-refractivity contribution is -0.124. The Kier molecular flexibility index (Phi) is 7.10. The van der Waals surface area contributed by atoms with Crippen molar-refractivity contribution in [2.45, 2.75) is 43.5 Å². The van der Waals surface area contributed by atoms with Gasteiger partial charge in [0, 0.05) is 24.3 Å². The van der Waals surface area contributed by atoms with Gasteiger partial charge in [0.25, 0.3) is 15.9 Å². The van der Waals surface area contributed by atoms with E-state index in [0.29, 0.717) is 30.8 Å². The van der Waals surface area contributed by atoms with Crippen molar-refractivity contribution in [3.8, 4) is 0 Å². The van der Waals surface area contributed by atoms with Gasteiger partial charge in [-0.1, -0.05) is 37.6 Å². The predicted molar refractivity (Wildman–Crippen MR) is 116 cm³/mol. The predicted octanol–water partition coefficient (Wildman–Crippen LogP) is 3.01. The summed E-state index contributed by atoms with van der Waals surface area (Å²) in [6, 6.07) is 13.9. The molecule has 1 aliphatic rings. The Morgan fingerprint density at radius 1 is 1.10 bits per heavy atom. The lowest BCUT2D eigenvalue weighted by atomic mass is 10.1. The molecule has 2 amide bonds. The van der Waals surface area contributed by atoms with E-state index in [1.165, 1.54) is 18.2 Å². The van der Waals surface area contributed by atoms with E-state index < -0.39 is 16.1 Å². The van der Waals surface area contributed by atoms with Crippen molar-refractivity contribution in [3.63, 3.8) is 0 Å². The van der Waals surface area contributed by atoms with Crippen LogP contribution >= 0.6 is 0 Å². The SMILES string of the molecule is CCCCNC(=O)C1CCCN1C(=O)c1cccc(NS(=O)(=O)c2ccccc2)c1. The van der Waals surface area contributed by atoms with Gasteiger partial charge in [-0.15, -0.1) is 0 Å². The van der Waals surface area contributed by atoms with Crippen molar-refractivity contribution >= 4 is 27.5 Å². The molecule has 1 fully saturated rings. The van der Waals surface area contributed by atoms with Crippen LogP contribution in [-0.4, -0.2) is 44.3 Å². The van der Waals surface area contributed by atoms with Crippen molar-refractivity contribution in [2.24, 2.45) is 0 Å². The molecule has 8 heteroatoms. The molecule has 2 aromatic carbocycles. The summed E-state index contributed by atoms with van der Waals surface area (Å²) in [5, 5.41) is 2.90. The first-order chi connectivity index (χ1) is 14.4. The molecular weight excluding hydrogens is 402 g/mol. The minimum atomic E-state index is -3.75. The third kappa shape index (κ3) is 5.18. The summed E-state index contributed by atoms with van der Waals surface area (Å²) in [6.07, 6.45) is 3.28. The Morgan fingerprint density at radius 3 is 2.60 bits per heavy atom. The van der Waals surface area contributed by atoms with Gasteiger partial charge in [0.1, 0.15) is 6.04 Å². The number of carbonyl (C=O) groups excluding carboxylic acids is 2. The quantitative estimate of drug-likeness (QED) is 0.631. The van der Waals surface area contributed by atoms with E-state index in [1.807, 2.05) is 0 Å². The second-order valence-electron chi connectivity index (χ2n) is 7.30. The molecule has 0 bridgehead atoms. The van der Waals surface area contributed by atoms with Crippen LogP contribution in [0.3, 0.4) is 0 Å². The molecule has 0 spiro atoms. The molecule has 1 saturated heterocycles. The second-order valence-corrected chi connectivity index (χ2v) is 8.98. The smallest absolute Gasteiger partial charge is 0.261 e. The van der Waals surface area contributed by atoms with Crippen LogP contribution in [0.1, 0.15) is 43.0 Å². The third-order valence-electron chi connectivity index (χ3n) is 5.06. The summed E-state index contributed by atoms with van der Waals surface area (Å²) in [4.78, 5) is 27.2. The number of benzene rings is 2.